The lowest BCUT2D eigenvalue weighted by Crippen LogP contribution is -2.47. The third-order valence-electron chi connectivity index (χ3n) is 4.03. The summed E-state index contributed by atoms with van der Waals surface area (Å²) in [7, 11) is 0. The predicted octanol–water partition coefficient (Wildman–Crippen LogP) is 2.02. The van der Waals surface area contributed by atoms with Crippen molar-refractivity contribution in [2.24, 2.45) is 5.92 Å². The van der Waals surface area contributed by atoms with Crippen LogP contribution in [0.2, 0.25) is 0 Å². The van der Waals surface area contributed by atoms with Crippen LogP contribution in [0.25, 0.3) is 5.69 Å². The lowest BCUT2D eigenvalue weighted by molar-refractivity contribution is -0.145. The van der Waals surface area contributed by atoms with Crippen LogP contribution in [0, 0.1) is 11.7 Å². The highest BCUT2D eigenvalue weighted by molar-refractivity contribution is 5.94. The van der Waals surface area contributed by atoms with Crippen molar-refractivity contribution in [3.05, 3.63) is 41.5 Å². The summed E-state index contributed by atoms with van der Waals surface area (Å²) in [5, 5.41) is 17.7. The number of carboxylic acids is 1. The van der Waals surface area contributed by atoms with E-state index in [2.05, 4.69) is 15.6 Å². The van der Waals surface area contributed by atoms with Crippen LogP contribution in [0.1, 0.15) is 29.0 Å². The number of halogens is 4. The summed E-state index contributed by atoms with van der Waals surface area (Å²) < 4.78 is 54.0. The molecule has 0 atom stereocenters. The lowest BCUT2D eigenvalue weighted by atomic mass is 9.80. The van der Waals surface area contributed by atoms with Gasteiger partial charge in [0.2, 0.25) is 0 Å². The molecule has 1 aromatic heterocycles. The van der Waals surface area contributed by atoms with Gasteiger partial charge in [-0.1, -0.05) is 11.3 Å². The molecule has 0 aliphatic heterocycles. The van der Waals surface area contributed by atoms with Gasteiger partial charge in [0, 0.05) is 6.04 Å². The van der Waals surface area contributed by atoms with E-state index >= 15 is 0 Å². The van der Waals surface area contributed by atoms with Crippen molar-refractivity contribution in [2.75, 3.05) is 0 Å². The van der Waals surface area contributed by atoms with Crippen LogP contribution in [-0.2, 0) is 11.0 Å². The molecular formula is C15H12F4N4O3. The van der Waals surface area contributed by atoms with Crippen LogP contribution in [-0.4, -0.2) is 38.0 Å². The minimum Gasteiger partial charge on any atom is -0.481 e. The highest BCUT2D eigenvalue weighted by Crippen LogP contribution is 2.33. The Balaban J connectivity index is 1.88. The molecule has 1 saturated carbocycles. The van der Waals surface area contributed by atoms with Gasteiger partial charge in [0.1, 0.15) is 5.82 Å². The van der Waals surface area contributed by atoms with Gasteiger partial charge in [-0.15, -0.1) is 5.10 Å². The second-order valence-electron chi connectivity index (χ2n) is 5.85. The monoisotopic (exact) mass is 372 g/mol. The maximum absolute atomic E-state index is 13.4. The second kappa shape index (κ2) is 6.39. The maximum atomic E-state index is 13.4. The third-order valence-corrected chi connectivity index (χ3v) is 4.03. The molecular weight excluding hydrogens is 360 g/mol. The van der Waals surface area contributed by atoms with E-state index in [-0.39, 0.29) is 18.5 Å². The van der Waals surface area contributed by atoms with E-state index in [0.717, 1.165) is 12.1 Å². The third kappa shape index (κ3) is 3.37. The second-order valence-corrected chi connectivity index (χ2v) is 5.85. The molecule has 11 heteroatoms. The van der Waals surface area contributed by atoms with Crippen molar-refractivity contribution in [2.45, 2.75) is 25.1 Å². The van der Waals surface area contributed by atoms with E-state index in [1.165, 1.54) is 12.1 Å². The molecule has 0 spiro atoms. The van der Waals surface area contributed by atoms with Gasteiger partial charge in [-0.25, -0.2) is 9.07 Å². The number of hydrogen-bond donors (Lipinski definition) is 2. The fraction of sp³-hybridized carbons (Fsp3) is 0.333. The Bertz CT molecular complexity index is 859. The number of hydrogen-bond acceptors (Lipinski definition) is 4. The fourth-order valence-corrected chi connectivity index (χ4v) is 2.67. The van der Waals surface area contributed by atoms with E-state index in [1.54, 1.807) is 0 Å². The number of benzene rings is 1. The summed E-state index contributed by atoms with van der Waals surface area (Å²) in [4.78, 5) is 22.9. The first-order chi connectivity index (χ1) is 12.2. The van der Waals surface area contributed by atoms with E-state index in [9.17, 15) is 27.2 Å². The largest absolute Gasteiger partial charge is 0.481 e. The minimum absolute atomic E-state index is 0.125. The van der Waals surface area contributed by atoms with Crippen LogP contribution < -0.4 is 5.32 Å². The summed E-state index contributed by atoms with van der Waals surface area (Å²) in [6.07, 6.45) is -4.72. The van der Waals surface area contributed by atoms with E-state index in [1.807, 2.05) is 0 Å². The molecule has 2 aromatic rings. The van der Waals surface area contributed by atoms with Crippen molar-refractivity contribution < 1.29 is 32.3 Å². The van der Waals surface area contributed by atoms with E-state index < -0.39 is 47.2 Å². The van der Waals surface area contributed by atoms with Crippen molar-refractivity contribution in [1.82, 2.24) is 20.3 Å². The van der Waals surface area contributed by atoms with Gasteiger partial charge in [-0.05, 0) is 31.0 Å². The Morgan fingerprint density at radius 1 is 1.27 bits per heavy atom. The van der Waals surface area contributed by atoms with Gasteiger partial charge >= 0.3 is 12.1 Å². The molecule has 0 bridgehead atoms. The smallest absolute Gasteiger partial charge is 0.435 e. The number of nitrogens with one attached hydrogen (secondary N) is 1. The summed E-state index contributed by atoms with van der Waals surface area (Å²) in [5.74, 6) is -3.55. The first-order valence-electron chi connectivity index (χ1n) is 7.49. The molecule has 1 fully saturated rings. The van der Waals surface area contributed by atoms with Gasteiger partial charge < -0.3 is 10.4 Å². The maximum Gasteiger partial charge on any atom is 0.435 e. The van der Waals surface area contributed by atoms with Crippen LogP contribution in [0.15, 0.2) is 24.3 Å². The molecule has 1 aliphatic rings. The molecule has 1 amide bonds. The zero-order chi connectivity index (χ0) is 19.1. The van der Waals surface area contributed by atoms with Gasteiger partial charge in [0.25, 0.3) is 5.91 Å². The van der Waals surface area contributed by atoms with Crippen molar-refractivity contribution in [3.63, 3.8) is 0 Å². The van der Waals surface area contributed by atoms with Gasteiger partial charge in [-0.2, -0.15) is 13.2 Å². The molecule has 7 nitrogen and oxygen atoms in total. The van der Waals surface area contributed by atoms with Crippen molar-refractivity contribution >= 4 is 11.9 Å². The Morgan fingerprint density at radius 2 is 1.96 bits per heavy atom. The molecule has 0 radical (unpaired) electrons. The molecule has 1 aromatic carbocycles. The van der Waals surface area contributed by atoms with Crippen LogP contribution in [0.4, 0.5) is 17.6 Å². The van der Waals surface area contributed by atoms with Crippen LogP contribution in [0.5, 0.6) is 0 Å². The molecule has 138 valence electrons. The molecule has 3 rings (SSSR count). The average molecular weight is 372 g/mol. The fourth-order valence-electron chi connectivity index (χ4n) is 2.67. The molecule has 0 saturated heterocycles. The lowest BCUT2D eigenvalue weighted by Gasteiger charge is -2.32. The zero-order valence-electron chi connectivity index (χ0n) is 13.0. The van der Waals surface area contributed by atoms with Crippen molar-refractivity contribution in [1.29, 1.82) is 0 Å². The Morgan fingerprint density at radius 3 is 2.54 bits per heavy atom. The number of alkyl halides is 3. The molecule has 26 heavy (non-hydrogen) atoms. The normalized spacial score (nSPS) is 19.7. The SMILES string of the molecule is O=C(NC1CC(C(=O)O)C1)c1nnn(-c2cccc(F)c2)c1C(F)(F)F. The number of nitrogens with zero attached hydrogens (tertiary/aromatic N) is 3. The number of carbonyl (C=O) groups is 2. The predicted molar refractivity (Wildman–Crippen MR) is 77.9 cm³/mol. The first kappa shape index (κ1) is 17.8. The van der Waals surface area contributed by atoms with Gasteiger partial charge in [0.15, 0.2) is 11.4 Å². The molecule has 1 aliphatic carbocycles. The number of aromatic nitrogens is 3. The van der Waals surface area contributed by atoms with E-state index in [0.29, 0.717) is 4.68 Å². The topological polar surface area (TPSA) is 97.1 Å². The van der Waals surface area contributed by atoms with Crippen molar-refractivity contribution in [3.8, 4) is 5.69 Å². The standard InChI is InChI=1S/C15H12F4N4O3/c16-8-2-1-3-10(6-8)23-12(15(17,18)19)11(21-22-23)13(24)20-9-4-7(5-9)14(25)26/h1-3,6-7,9H,4-5H2,(H,20,24)(H,25,26). The Kier molecular flexibility index (Phi) is 4.38. The number of aliphatic carboxylic acids is 1. The van der Waals surface area contributed by atoms with Gasteiger partial charge in [0.05, 0.1) is 11.6 Å². The molecule has 2 N–H and O–H groups in total. The molecule has 0 unspecified atom stereocenters. The van der Waals surface area contributed by atoms with Gasteiger partial charge in [-0.3, -0.25) is 9.59 Å². The number of carbonyl (C=O) groups excluding carboxylic acids is 1. The number of carboxylic acid groups (broad SMARTS) is 1. The quantitative estimate of drug-likeness (QED) is 0.801. The Hall–Kier alpha value is -2.98. The summed E-state index contributed by atoms with van der Waals surface area (Å²) >= 11 is 0. The van der Waals surface area contributed by atoms with Crippen LogP contribution in [0.3, 0.4) is 0 Å². The average Bonchev–Trinajstić information content (AvgIpc) is 2.95. The first-order valence-corrected chi connectivity index (χ1v) is 7.49. The highest BCUT2D eigenvalue weighted by Gasteiger charge is 2.43. The zero-order valence-corrected chi connectivity index (χ0v) is 13.0. The minimum atomic E-state index is -4.97. The summed E-state index contributed by atoms with van der Waals surface area (Å²) in [6.45, 7) is 0. The Labute approximate surface area is 143 Å². The van der Waals surface area contributed by atoms with Crippen LogP contribution >= 0.6 is 0 Å². The highest BCUT2D eigenvalue weighted by atomic mass is 19.4. The number of rotatable bonds is 4. The summed E-state index contributed by atoms with van der Waals surface area (Å²) in [6, 6.07) is 3.72. The molecule has 1 heterocycles. The summed E-state index contributed by atoms with van der Waals surface area (Å²) in [5.41, 5.74) is -2.63. The van der Waals surface area contributed by atoms with E-state index in [4.69, 9.17) is 5.11 Å². The number of amides is 1.